The summed E-state index contributed by atoms with van der Waals surface area (Å²) >= 11 is 0. The maximum absolute atomic E-state index is 8.54. The predicted octanol–water partition coefficient (Wildman–Crippen LogP) is 1.21. The third kappa shape index (κ3) is 0.849. The molecule has 0 fully saturated rings. The van der Waals surface area contributed by atoms with Crippen LogP contribution in [0.15, 0.2) is 30.6 Å². The summed E-state index contributed by atoms with van der Waals surface area (Å²) < 4.78 is 1.72. The van der Waals surface area contributed by atoms with E-state index in [0.717, 1.165) is 5.52 Å². The van der Waals surface area contributed by atoms with E-state index < -0.39 is 0 Å². The highest BCUT2D eigenvalue weighted by Crippen LogP contribution is 2.03. The molecule has 0 saturated carbocycles. The van der Waals surface area contributed by atoms with Crippen molar-refractivity contribution in [1.82, 2.24) is 9.61 Å². The Morgan fingerprint density at radius 1 is 1.55 bits per heavy atom. The number of fused-ring (bicyclic) bond motifs is 1. The Balaban J connectivity index is 2.79. The lowest BCUT2D eigenvalue weighted by molar-refractivity contribution is 0.937. The third-order valence-corrected chi connectivity index (χ3v) is 1.51. The van der Waals surface area contributed by atoms with E-state index in [1.165, 1.54) is 0 Å². The average Bonchev–Trinajstić information content (AvgIpc) is 2.50. The van der Waals surface area contributed by atoms with Gasteiger partial charge in [0.15, 0.2) is 0 Å². The summed E-state index contributed by atoms with van der Waals surface area (Å²) in [6.45, 7) is 0. The zero-order chi connectivity index (χ0) is 7.68. The van der Waals surface area contributed by atoms with Crippen LogP contribution in [-0.2, 0) is 0 Å². The first-order valence-corrected chi connectivity index (χ1v) is 3.23. The van der Waals surface area contributed by atoms with Crippen LogP contribution >= 0.6 is 0 Å². The van der Waals surface area contributed by atoms with Crippen LogP contribution < -0.4 is 0 Å². The van der Waals surface area contributed by atoms with Crippen molar-refractivity contribution >= 4 is 5.52 Å². The molecule has 11 heavy (non-hydrogen) atoms. The summed E-state index contributed by atoms with van der Waals surface area (Å²) in [6.07, 6.45) is 3.39. The first-order valence-electron chi connectivity index (χ1n) is 3.23. The third-order valence-electron chi connectivity index (χ3n) is 1.51. The molecule has 0 N–H and O–H groups in total. The zero-order valence-electron chi connectivity index (χ0n) is 5.73. The summed E-state index contributed by atoms with van der Waals surface area (Å²) in [5.74, 6) is 0. The van der Waals surface area contributed by atoms with Crippen molar-refractivity contribution < 1.29 is 0 Å². The van der Waals surface area contributed by atoms with Crippen LogP contribution in [0.4, 0.5) is 0 Å². The predicted molar refractivity (Wildman–Crippen MR) is 39.9 cm³/mol. The van der Waals surface area contributed by atoms with Gasteiger partial charge in [0.1, 0.15) is 6.07 Å². The monoisotopic (exact) mass is 143 g/mol. The molecule has 0 saturated heterocycles. The number of hydrogen-bond acceptors (Lipinski definition) is 2. The Bertz CT molecular complexity index is 422. The second-order valence-electron chi connectivity index (χ2n) is 2.23. The molecule has 0 radical (unpaired) electrons. The van der Waals surface area contributed by atoms with E-state index in [4.69, 9.17) is 5.26 Å². The van der Waals surface area contributed by atoms with E-state index in [9.17, 15) is 0 Å². The minimum atomic E-state index is 0.594. The molecule has 2 rings (SSSR count). The van der Waals surface area contributed by atoms with E-state index in [2.05, 4.69) is 5.10 Å². The van der Waals surface area contributed by atoms with Crippen molar-refractivity contribution in [3.05, 3.63) is 36.2 Å². The standard InChI is InChI=1S/C8H5N3/c9-5-7-4-8-2-1-3-11(8)10-6-7/h1-4,6H. The first kappa shape index (κ1) is 5.93. The van der Waals surface area contributed by atoms with Gasteiger partial charge in [-0.15, -0.1) is 0 Å². The molecular formula is C8H5N3. The van der Waals surface area contributed by atoms with Crippen LogP contribution in [-0.4, -0.2) is 9.61 Å². The topological polar surface area (TPSA) is 41.1 Å². The second-order valence-corrected chi connectivity index (χ2v) is 2.23. The molecule has 52 valence electrons. The van der Waals surface area contributed by atoms with E-state index in [1.54, 1.807) is 16.8 Å². The Kier molecular flexibility index (Phi) is 1.13. The van der Waals surface area contributed by atoms with Crippen LogP contribution in [0, 0.1) is 11.3 Å². The summed E-state index contributed by atoms with van der Waals surface area (Å²) in [5, 5.41) is 12.5. The SMILES string of the molecule is N#Cc1cnn2cccc2c1. The largest absolute Gasteiger partial charge is 0.241 e. The summed E-state index contributed by atoms with van der Waals surface area (Å²) in [6, 6.07) is 7.63. The molecule has 2 heterocycles. The highest BCUT2D eigenvalue weighted by molar-refractivity contribution is 5.50. The molecule has 0 aliphatic rings. The quantitative estimate of drug-likeness (QED) is 0.556. The van der Waals surface area contributed by atoms with E-state index in [-0.39, 0.29) is 0 Å². The highest BCUT2D eigenvalue weighted by Gasteiger charge is 1.93. The van der Waals surface area contributed by atoms with Gasteiger partial charge in [-0.3, -0.25) is 0 Å². The molecule has 3 heteroatoms. The van der Waals surface area contributed by atoms with Gasteiger partial charge in [-0.25, -0.2) is 4.52 Å². The van der Waals surface area contributed by atoms with Crippen molar-refractivity contribution in [2.45, 2.75) is 0 Å². The number of nitrogens with zero attached hydrogens (tertiary/aromatic N) is 3. The molecule has 0 aliphatic carbocycles. The fourth-order valence-corrected chi connectivity index (χ4v) is 0.987. The van der Waals surface area contributed by atoms with Gasteiger partial charge in [0, 0.05) is 6.20 Å². The van der Waals surface area contributed by atoms with Gasteiger partial charge in [-0.05, 0) is 18.2 Å². The van der Waals surface area contributed by atoms with Crippen LogP contribution in [0.5, 0.6) is 0 Å². The van der Waals surface area contributed by atoms with Gasteiger partial charge < -0.3 is 0 Å². The van der Waals surface area contributed by atoms with E-state index in [0.29, 0.717) is 5.56 Å². The number of nitriles is 1. The van der Waals surface area contributed by atoms with Crippen molar-refractivity contribution in [2.24, 2.45) is 0 Å². The number of hydrogen-bond donors (Lipinski definition) is 0. The molecular weight excluding hydrogens is 138 g/mol. The maximum atomic E-state index is 8.54. The summed E-state index contributed by atoms with van der Waals surface area (Å²) in [7, 11) is 0. The molecule has 3 nitrogen and oxygen atoms in total. The number of rotatable bonds is 0. The van der Waals surface area contributed by atoms with Crippen molar-refractivity contribution in [2.75, 3.05) is 0 Å². The maximum Gasteiger partial charge on any atom is 0.101 e. The minimum absolute atomic E-state index is 0.594. The molecule has 0 aliphatic heterocycles. The number of aromatic nitrogens is 2. The second kappa shape index (κ2) is 2.10. The smallest absolute Gasteiger partial charge is 0.101 e. The molecule has 0 unspecified atom stereocenters. The van der Waals surface area contributed by atoms with Gasteiger partial charge in [-0.1, -0.05) is 0 Å². The Morgan fingerprint density at radius 2 is 2.45 bits per heavy atom. The average molecular weight is 143 g/mol. The van der Waals surface area contributed by atoms with Gasteiger partial charge in [0.05, 0.1) is 17.3 Å². The molecule has 0 amide bonds. The molecule has 0 spiro atoms. The lowest BCUT2D eigenvalue weighted by Gasteiger charge is -1.91. The van der Waals surface area contributed by atoms with Crippen LogP contribution in [0.2, 0.25) is 0 Å². The van der Waals surface area contributed by atoms with Gasteiger partial charge in [0.2, 0.25) is 0 Å². The van der Waals surface area contributed by atoms with Gasteiger partial charge in [0.25, 0.3) is 0 Å². The Hall–Kier alpha value is -1.82. The fraction of sp³-hybridized carbons (Fsp3) is 0. The normalized spacial score (nSPS) is 9.73. The zero-order valence-corrected chi connectivity index (χ0v) is 5.73. The Morgan fingerprint density at radius 3 is 3.27 bits per heavy atom. The molecule has 0 aromatic carbocycles. The minimum Gasteiger partial charge on any atom is -0.241 e. The summed E-state index contributed by atoms with van der Waals surface area (Å²) in [5.41, 5.74) is 1.54. The molecule has 0 bridgehead atoms. The first-order chi connectivity index (χ1) is 5.40. The molecule has 2 aromatic rings. The fourth-order valence-electron chi connectivity index (χ4n) is 0.987. The van der Waals surface area contributed by atoms with Crippen molar-refractivity contribution in [1.29, 1.82) is 5.26 Å². The highest BCUT2D eigenvalue weighted by atomic mass is 15.2. The summed E-state index contributed by atoms with van der Waals surface area (Å²) in [4.78, 5) is 0. The Labute approximate surface area is 63.5 Å². The van der Waals surface area contributed by atoms with Crippen molar-refractivity contribution in [3.8, 4) is 6.07 Å². The lowest BCUT2D eigenvalue weighted by atomic mass is 10.3. The van der Waals surface area contributed by atoms with Crippen LogP contribution in [0.25, 0.3) is 5.52 Å². The van der Waals surface area contributed by atoms with Crippen molar-refractivity contribution in [3.63, 3.8) is 0 Å². The van der Waals surface area contributed by atoms with Crippen LogP contribution in [0.3, 0.4) is 0 Å². The molecule has 2 aromatic heterocycles. The van der Waals surface area contributed by atoms with Gasteiger partial charge in [-0.2, -0.15) is 10.4 Å². The van der Waals surface area contributed by atoms with E-state index in [1.807, 2.05) is 24.4 Å². The van der Waals surface area contributed by atoms with Crippen LogP contribution in [0.1, 0.15) is 5.56 Å². The van der Waals surface area contributed by atoms with E-state index >= 15 is 0 Å². The molecule has 0 atom stereocenters. The lowest BCUT2D eigenvalue weighted by Crippen LogP contribution is -1.88. The van der Waals surface area contributed by atoms with Gasteiger partial charge >= 0.3 is 0 Å².